The average Bonchev–Trinajstić information content (AvgIpc) is 3.19. The summed E-state index contributed by atoms with van der Waals surface area (Å²) in [5, 5.41) is 0.882. The third-order valence-corrected chi connectivity index (χ3v) is 6.17. The van der Waals surface area contributed by atoms with E-state index in [4.69, 9.17) is 4.74 Å². The molecule has 0 radical (unpaired) electrons. The lowest BCUT2D eigenvalue weighted by Crippen LogP contribution is -2.34. The van der Waals surface area contributed by atoms with Crippen molar-refractivity contribution in [2.24, 2.45) is 11.3 Å². The Labute approximate surface area is 127 Å². The van der Waals surface area contributed by atoms with Crippen LogP contribution in [0, 0.1) is 18.3 Å². The van der Waals surface area contributed by atoms with Crippen LogP contribution in [0.15, 0.2) is 0 Å². The molecule has 5 nitrogen and oxygen atoms in total. The number of carbonyl (C=O) groups excluding carboxylic acids is 2. The summed E-state index contributed by atoms with van der Waals surface area (Å²) in [4.78, 5) is 31.7. The van der Waals surface area contributed by atoms with Gasteiger partial charge >= 0.3 is 5.97 Å². The van der Waals surface area contributed by atoms with Crippen LogP contribution in [0.4, 0.5) is 0 Å². The van der Waals surface area contributed by atoms with E-state index in [-0.39, 0.29) is 11.5 Å². The number of nitrogens with zero attached hydrogens (tertiary/aromatic N) is 2. The molecular formula is C15H18N2O3S. The molecule has 1 unspecified atom stereocenters. The van der Waals surface area contributed by atoms with E-state index in [1.807, 2.05) is 11.8 Å². The molecule has 2 saturated carbocycles. The lowest BCUT2D eigenvalue weighted by molar-refractivity contribution is -0.135. The zero-order valence-electron chi connectivity index (χ0n) is 12.2. The van der Waals surface area contributed by atoms with Gasteiger partial charge in [-0.25, -0.2) is 9.78 Å². The van der Waals surface area contributed by atoms with Crippen molar-refractivity contribution in [3.63, 3.8) is 0 Å². The third kappa shape index (κ3) is 1.84. The first kappa shape index (κ1) is 13.2. The predicted molar refractivity (Wildman–Crippen MR) is 77.0 cm³/mol. The Morgan fingerprint density at radius 3 is 2.76 bits per heavy atom. The molecule has 0 aromatic carbocycles. The zero-order chi connectivity index (χ0) is 14.8. The van der Waals surface area contributed by atoms with Gasteiger partial charge in [-0.2, -0.15) is 0 Å². The van der Waals surface area contributed by atoms with Gasteiger partial charge in [0.05, 0.1) is 18.6 Å². The first-order valence-corrected chi connectivity index (χ1v) is 8.25. The minimum Gasteiger partial charge on any atom is -0.464 e. The number of aryl methyl sites for hydroxylation is 1. The minimum atomic E-state index is -0.395. The zero-order valence-corrected chi connectivity index (χ0v) is 13.0. The van der Waals surface area contributed by atoms with Crippen molar-refractivity contribution in [3.05, 3.63) is 15.6 Å². The molecule has 3 aliphatic rings. The molecule has 21 heavy (non-hydrogen) atoms. The number of amides is 1. The molecule has 0 N–H and O–H groups in total. The summed E-state index contributed by atoms with van der Waals surface area (Å²) < 4.78 is 4.76. The maximum Gasteiger partial charge on any atom is 0.357 e. The molecule has 6 heteroatoms. The van der Waals surface area contributed by atoms with E-state index in [1.165, 1.54) is 18.4 Å². The molecule has 2 heterocycles. The third-order valence-electron chi connectivity index (χ3n) is 5.10. The summed E-state index contributed by atoms with van der Waals surface area (Å²) in [5.41, 5.74) is 0.408. The van der Waals surface area contributed by atoms with Crippen LogP contribution in [-0.4, -0.2) is 35.4 Å². The first-order valence-electron chi connectivity index (χ1n) is 7.43. The van der Waals surface area contributed by atoms with Crippen LogP contribution in [0.3, 0.4) is 0 Å². The molecule has 112 valence electrons. The quantitative estimate of drug-likeness (QED) is 0.804. The lowest BCUT2D eigenvalue weighted by Gasteiger charge is -2.24. The highest BCUT2D eigenvalue weighted by Crippen LogP contribution is 2.76. The molecule has 1 saturated heterocycles. The normalized spacial score (nSPS) is 32.8. The second-order valence-corrected chi connectivity index (χ2v) is 7.60. The number of methoxy groups -OCH3 is 1. The molecule has 3 fully saturated rings. The van der Waals surface area contributed by atoms with Gasteiger partial charge in [-0.15, -0.1) is 11.3 Å². The van der Waals surface area contributed by atoms with E-state index in [9.17, 15) is 9.59 Å². The number of carbonyl (C=O) groups is 2. The molecule has 4 rings (SSSR count). The molecule has 2 aliphatic carbocycles. The van der Waals surface area contributed by atoms with Crippen molar-refractivity contribution in [2.75, 3.05) is 13.7 Å². The number of hydrogen-bond acceptors (Lipinski definition) is 5. The van der Waals surface area contributed by atoms with E-state index in [0.717, 1.165) is 42.1 Å². The maximum absolute atomic E-state index is 12.6. The second-order valence-electron chi connectivity index (χ2n) is 6.37. The van der Waals surface area contributed by atoms with Crippen LogP contribution < -0.4 is 0 Å². The Kier molecular flexibility index (Phi) is 2.70. The summed E-state index contributed by atoms with van der Waals surface area (Å²) >= 11 is 1.52. The highest BCUT2D eigenvalue weighted by molar-refractivity contribution is 7.12. The molecule has 0 bridgehead atoms. The van der Waals surface area contributed by atoms with Crippen LogP contribution in [-0.2, 0) is 9.53 Å². The second kappa shape index (κ2) is 4.29. The van der Waals surface area contributed by atoms with Gasteiger partial charge in [0.2, 0.25) is 5.91 Å². The molecule has 1 aromatic rings. The van der Waals surface area contributed by atoms with E-state index in [1.54, 1.807) is 0 Å². The van der Waals surface area contributed by atoms with Gasteiger partial charge in [0.25, 0.3) is 0 Å². The summed E-state index contributed by atoms with van der Waals surface area (Å²) in [6.07, 6.45) is 4.13. The molecule has 1 aliphatic heterocycles. The maximum atomic E-state index is 12.6. The van der Waals surface area contributed by atoms with Crippen LogP contribution in [0.5, 0.6) is 0 Å². The van der Waals surface area contributed by atoms with Gasteiger partial charge in [0, 0.05) is 11.4 Å². The van der Waals surface area contributed by atoms with E-state index < -0.39 is 5.97 Å². The van der Waals surface area contributed by atoms with Gasteiger partial charge < -0.3 is 9.64 Å². The van der Waals surface area contributed by atoms with Crippen LogP contribution in [0.25, 0.3) is 0 Å². The number of likely N-dealkylation sites (tertiary alicyclic amines) is 1. The van der Waals surface area contributed by atoms with Gasteiger partial charge in [-0.3, -0.25) is 4.79 Å². The fourth-order valence-corrected chi connectivity index (χ4v) is 4.51. The van der Waals surface area contributed by atoms with Gasteiger partial charge in [-0.05, 0) is 38.5 Å². The number of thiazole rings is 1. The van der Waals surface area contributed by atoms with Crippen molar-refractivity contribution in [2.45, 2.75) is 38.6 Å². The summed E-state index contributed by atoms with van der Waals surface area (Å²) in [5.74, 6) is 0.589. The highest BCUT2D eigenvalue weighted by atomic mass is 32.1. The van der Waals surface area contributed by atoms with Crippen molar-refractivity contribution in [3.8, 4) is 0 Å². The van der Waals surface area contributed by atoms with Gasteiger partial charge in [0.1, 0.15) is 5.01 Å². The first-order chi connectivity index (χ1) is 10.1. The number of rotatable bonds is 3. The Bertz CT molecular complexity index is 633. The van der Waals surface area contributed by atoms with Crippen molar-refractivity contribution in [1.82, 2.24) is 9.88 Å². The standard InChI is InChI=1S/C15H18N2O3S/c1-8-11(13(18)20-2)16-12(21-8)10-4-3-5-17(10)14(19)15-6-9(15)7-15/h9-10H,3-7H2,1-2H3. The van der Waals surface area contributed by atoms with Crippen molar-refractivity contribution in [1.29, 1.82) is 0 Å². The van der Waals surface area contributed by atoms with E-state index in [2.05, 4.69) is 4.98 Å². The van der Waals surface area contributed by atoms with E-state index in [0.29, 0.717) is 17.5 Å². The topological polar surface area (TPSA) is 59.5 Å². The molecule has 0 spiro atoms. The summed E-state index contributed by atoms with van der Waals surface area (Å²) in [6.45, 7) is 2.70. The number of aromatic nitrogens is 1. The fourth-order valence-electron chi connectivity index (χ4n) is 3.45. The monoisotopic (exact) mass is 306 g/mol. The highest BCUT2D eigenvalue weighted by Gasteiger charge is 2.75. The number of hydrogen-bond donors (Lipinski definition) is 0. The molecule has 1 amide bonds. The number of fused-ring (bicyclic) bond motifs is 1. The number of esters is 1. The minimum absolute atomic E-state index is 0.0140. The Morgan fingerprint density at radius 2 is 2.14 bits per heavy atom. The Balaban J connectivity index is 1.60. The van der Waals surface area contributed by atoms with Gasteiger partial charge in [0.15, 0.2) is 5.69 Å². The molecule has 1 aromatic heterocycles. The average molecular weight is 306 g/mol. The lowest BCUT2D eigenvalue weighted by atomic mass is 10.1. The fraction of sp³-hybridized carbons (Fsp3) is 0.667. The Hall–Kier alpha value is -1.43. The van der Waals surface area contributed by atoms with Crippen LogP contribution in [0.1, 0.15) is 52.1 Å². The van der Waals surface area contributed by atoms with Crippen LogP contribution in [0.2, 0.25) is 0 Å². The largest absolute Gasteiger partial charge is 0.464 e. The van der Waals surface area contributed by atoms with Crippen molar-refractivity contribution < 1.29 is 14.3 Å². The smallest absolute Gasteiger partial charge is 0.357 e. The SMILES string of the molecule is COC(=O)c1nc(C2CCCN2C(=O)C23CC2C3)sc1C. The van der Waals surface area contributed by atoms with Crippen LogP contribution >= 0.6 is 11.3 Å². The van der Waals surface area contributed by atoms with Crippen molar-refractivity contribution >= 4 is 23.2 Å². The molecular weight excluding hydrogens is 288 g/mol. The summed E-state index contributed by atoms with van der Waals surface area (Å²) in [6, 6.07) is 0.0517. The molecule has 1 atom stereocenters. The van der Waals surface area contributed by atoms with E-state index >= 15 is 0 Å². The van der Waals surface area contributed by atoms with Gasteiger partial charge in [-0.1, -0.05) is 0 Å². The predicted octanol–water partition coefficient (Wildman–Crippen LogP) is 2.31. The Morgan fingerprint density at radius 1 is 1.43 bits per heavy atom. The number of ether oxygens (including phenoxy) is 1. The summed E-state index contributed by atoms with van der Waals surface area (Å²) in [7, 11) is 1.37.